The molecule has 2 nitrogen and oxygen atoms in total. The average molecular weight is 253 g/mol. The molecule has 0 radical (unpaired) electrons. The van der Waals surface area contributed by atoms with Crippen molar-refractivity contribution in [2.45, 2.75) is 46.1 Å². The summed E-state index contributed by atoms with van der Waals surface area (Å²) in [4.78, 5) is 4.19. The number of nitrogens with zero attached hydrogens (tertiary/aromatic N) is 1. The molecule has 0 amide bonds. The van der Waals surface area contributed by atoms with Crippen molar-refractivity contribution in [1.82, 2.24) is 4.98 Å². The van der Waals surface area contributed by atoms with Gasteiger partial charge in [0.05, 0.1) is 5.69 Å². The summed E-state index contributed by atoms with van der Waals surface area (Å²) in [7, 11) is 0. The summed E-state index contributed by atoms with van der Waals surface area (Å²) in [5.74, 6) is 1.56. The standard InChI is InChI=1S/C14H21ClN2/c1-9-4-5-12(11(3)6-9)17-13-7-10(2)8-16-14(13)15/h7-9,11-12,17H,4-6H2,1-3H3. The summed E-state index contributed by atoms with van der Waals surface area (Å²) in [6.45, 7) is 6.71. The maximum absolute atomic E-state index is 6.12. The lowest BCUT2D eigenvalue weighted by molar-refractivity contribution is 0.276. The largest absolute Gasteiger partial charge is 0.380 e. The minimum atomic E-state index is 0.535. The molecule has 0 aromatic carbocycles. The monoisotopic (exact) mass is 252 g/mol. The number of halogens is 1. The van der Waals surface area contributed by atoms with Gasteiger partial charge in [-0.1, -0.05) is 25.4 Å². The molecule has 3 atom stereocenters. The van der Waals surface area contributed by atoms with Crippen LogP contribution in [0.25, 0.3) is 0 Å². The topological polar surface area (TPSA) is 24.9 Å². The number of aryl methyl sites for hydroxylation is 1. The van der Waals surface area contributed by atoms with Crippen LogP contribution in [0.5, 0.6) is 0 Å². The predicted octanol–water partition coefficient (Wildman–Crippen LogP) is 4.28. The number of nitrogens with one attached hydrogen (secondary N) is 1. The first-order valence-electron chi connectivity index (χ1n) is 6.45. The van der Waals surface area contributed by atoms with Crippen molar-refractivity contribution in [1.29, 1.82) is 0 Å². The fourth-order valence-electron chi connectivity index (χ4n) is 2.73. The van der Waals surface area contributed by atoms with Crippen LogP contribution in [0.4, 0.5) is 5.69 Å². The van der Waals surface area contributed by atoms with Crippen LogP contribution in [-0.4, -0.2) is 11.0 Å². The van der Waals surface area contributed by atoms with Gasteiger partial charge in [0.15, 0.2) is 5.15 Å². The molecular weight excluding hydrogens is 232 g/mol. The van der Waals surface area contributed by atoms with Crippen molar-refractivity contribution in [3.8, 4) is 0 Å². The Hall–Kier alpha value is -0.760. The fourth-order valence-corrected chi connectivity index (χ4v) is 2.89. The van der Waals surface area contributed by atoms with Gasteiger partial charge in [-0.15, -0.1) is 0 Å². The zero-order valence-electron chi connectivity index (χ0n) is 10.8. The van der Waals surface area contributed by atoms with Crippen LogP contribution in [0, 0.1) is 18.8 Å². The molecule has 1 N–H and O–H groups in total. The van der Waals surface area contributed by atoms with E-state index in [0.717, 1.165) is 17.2 Å². The Kier molecular flexibility index (Phi) is 3.93. The van der Waals surface area contributed by atoms with Gasteiger partial charge in [0.2, 0.25) is 0 Å². The highest BCUT2D eigenvalue weighted by atomic mass is 35.5. The van der Waals surface area contributed by atoms with E-state index in [4.69, 9.17) is 11.6 Å². The van der Waals surface area contributed by atoms with Gasteiger partial charge in [-0.05, 0) is 49.7 Å². The molecular formula is C14H21ClN2. The lowest BCUT2D eigenvalue weighted by Crippen LogP contribution is -2.33. The Balaban J connectivity index is 2.07. The van der Waals surface area contributed by atoms with Gasteiger partial charge >= 0.3 is 0 Å². The van der Waals surface area contributed by atoms with Crippen molar-refractivity contribution < 1.29 is 0 Å². The highest BCUT2D eigenvalue weighted by Gasteiger charge is 2.25. The summed E-state index contributed by atoms with van der Waals surface area (Å²) in [5.41, 5.74) is 2.13. The Morgan fingerprint density at radius 3 is 2.82 bits per heavy atom. The third kappa shape index (κ3) is 3.12. The molecule has 1 aliphatic rings. The molecule has 17 heavy (non-hydrogen) atoms. The second kappa shape index (κ2) is 5.26. The van der Waals surface area contributed by atoms with Gasteiger partial charge in [0.25, 0.3) is 0 Å². The van der Waals surface area contributed by atoms with Crippen LogP contribution in [-0.2, 0) is 0 Å². The van der Waals surface area contributed by atoms with Gasteiger partial charge in [0.1, 0.15) is 0 Å². The van der Waals surface area contributed by atoms with Crippen LogP contribution in [0.15, 0.2) is 12.3 Å². The first kappa shape index (κ1) is 12.7. The molecule has 0 bridgehead atoms. The lowest BCUT2D eigenvalue weighted by atomic mass is 9.80. The highest BCUT2D eigenvalue weighted by Crippen LogP contribution is 2.32. The highest BCUT2D eigenvalue weighted by molar-refractivity contribution is 6.31. The second-order valence-electron chi connectivity index (χ2n) is 5.50. The van der Waals surface area contributed by atoms with Gasteiger partial charge in [-0.25, -0.2) is 4.98 Å². The summed E-state index contributed by atoms with van der Waals surface area (Å²) in [6.07, 6.45) is 5.64. The van der Waals surface area contributed by atoms with Crippen molar-refractivity contribution in [3.05, 3.63) is 23.0 Å². The van der Waals surface area contributed by atoms with Crippen LogP contribution < -0.4 is 5.32 Å². The van der Waals surface area contributed by atoms with Crippen molar-refractivity contribution >= 4 is 17.3 Å². The molecule has 0 spiro atoms. The Bertz CT molecular complexity index is 392. The van der Waals surface area contributed by atoms with Crippen molar-refractivity contribution in [3.63, 3.8) is 0 Å². The molecule has 0 saturated heterocycles. The molecule has 1 aromatic rings. The third-order valence-electron chi connectivity index (χ3n) is 3.75. The zero-order valence-corrected chi connectivity index (χ0v) is 11.6. The number of rotatable bonds is 2. The average Bonchev–Trinajstić information content (AvgIpc) is 2.27. The summed E-state index contributed by atoms with van der Waals surface area (Å²) in [5, 5.41) is 4.15. The van der Waals surface area contributed by atoms with Crippen LogP contribution in [0.1, 0.15) is 38.7 Å². The lowest BCUT2D eigenvalue weighted by Gasteiger charge is -2.34. The second-order valence-corrected chi connectivity index (χ2v) is 5.86. The van der Waals surface area contributed by atoms with Crippen LogP contribution in [0.2, 0.25) is 5.15 Å². The third-order valence-corrected chi connectivity index (χ3v) is 4.05. The molecule has 1 aromatic heterocycles. The van der Waals surface area contributed by atoms with Crippen LogP contribution >= 0.6 is 11.6 Å². The molecule has 94 valence electrons. The van der Waals surface area contributed by atoms with E-state index in [1.54, 1.807) is 6.20 Å². The first-order valence-corrected chi connectivity index (χ1v) is 6.82. The molecule has 1 heterocycles. The smallest absolute Gasteiger partial charge is 0.152 e. The van der Waals surface area contributed by atoms with Gasteiger partial charge in [-0.2, -0.15) is 0 Å². The van der Waals surface area contributed by atoms with E-state index in [1.807, 2.05) is 6.92 Å². The minimum absolute atomic E-state index is 0.535. The Morgan fingerprint density at radius 2 is 2.12 bits per heavy atom. The number of pyridine rings is 1. The maximum Gasteiger partial charge on any atom is 0.152 e. The Morgan fingerprint density at radius 1 is 1.35 bits per heavy atom. The molecule has 2 rings (SSSR count). The molecule has 1 fully saturated rings. The van der Waals surface area contributed by atoms with E-state index < -0.39 is 0 Å². The van der Waals surface area contributed by atoms with Gasteiger partial charge in [-0.3, -0.25) is 0 Å². The number of anilines is 1. The quantitative estimate of drug-likeness (QED) is 0.795. The summed E-state index contributed by atoms with van der Waals surface area (Å²) in [6, 6.07) is 2.62. The zero-order chi connectivity index (χ0) is 12.4. The number of aromatic nitrogens is 1. The molecule has 3 heteroatoms. The minimum Gasteiger partial charge on any atom is -0.380 e. The normalized spacial score (nSPS) is 29.1. The molecule has 0 aliphatic heterocycles. The van der Waals surface area contributed by atoms with E-state index in [0.29, 0.717) is 17.1 Å². The van der Waals surface area contributed by atoms with E-state index in [9.17, 15) is 0 Å². The molecule has 1 aliphatic carbocycles. The van der Waals surface area contributed by atoms with Crippen molar-refractivity contribution in [2.75, 3.05) is 5.32 Å². The maximum atomic E-state index is 6.12. The van der Waals surface area contributed by atoms with Crippen LogP contribution in [0.3, 0.4) is 0 Å². The molecule has 3 unspecified atom stereocenters. The predicted molar refractivity (Wildman–Crippen MR) is 73.6 cm³/mol. The number of hydrogen-bond donors (Lipinski definition) is 1. The van der Waals surface area contributed by atoms with E-state index in [-0.39, 0.29) is 0 Å². The summed E-state index contributed by atoms with van der Waals surface area (Å²) < 4.78 is 0. The SMILES string of the molecule is Cc1cnc(Cl)c(NC2CCC(C)CC2C)c1. The Labute approximate surface area is 109 Å². The number of hydrogen-bond acceptors (Lipinski definition) is 2. The van der Waals surface area contributed by atoms with E-state index >= 15 is 0 Å². The van der Waals surface area contributed by atoms with E-state index in [2.05, 4.69) is 30.2 Å². The summed E-state index contributed by atoms with van der Waals surface area (Å²) >= 11 is 6.12. The van der Waals surface area contributed by atoms with E-state index in [1.165, 1.54) is 19.3 Å². The van der Waals surface area contributed by atoms with Gasteiger partial charge in [0, 0.05) is 12.2 Å². The van der Waals surface area contributed by atoms with Crippen molar-refractivity contribution in [2.24, 2.45) is 11.8 Å². The molecule has 1 saturated carbocycles. The van der Waals surface area contributed by atoms with Gasteiger partial charge < -0.3 is 5.32 Å². The first-order chi connectivity index (χ1) is 8.06. The fraction of sp³-hybridized carbons (Fsp3) is 0.643.